The molecule has 0 bridgehead atoms. The van der Waals surface area contributed by atoms with E-state index in [1.165, 1.54) is 17.7 Å². The summed E-state index contributed by atoms with van der Waals surface area (Å²) in [4.78, 5) is 1.50. The van der Waals surface area contributed by atoms with Crippen LogP contribution < -0.4 is 5.73 Å². The third-order valence-corrected chi connectivity index (χ3v) is 4.01. The molecule has 1 rings (SSSR count). The van der Waals surface area contributed by atoms with Crippen LogP contribution in [0.2, 0.25) is 0 Å². The predicted octanol–water partition coefficient (Wildman–Crippen LogP) is 3.17. The monoisotopic (exact) mass is 266 g/mol. The Balaban J connectivity index is 2.63. The van der Waals surface area contributed by atoms with Gasteiger partial charge < -0.3 is 5.73 Å². The molecule has 1 fully saturated rings. The van der Waals surface area contributed by atoms with Gasteiger partial charge >= 0.3 is 6.18 Å². The van der Waals surface area contributed by atoms with E-state index in [1.807, 2.05) is 0 Å². The standard InChI is InChI=1S/C13H25F3N2/c1-2-18(11-13(14,15)16)10-12(9-17)7-5-3-4-6-8-12/h2-11,17H2,1H3. The van der Waals surface area contributed by atoms with Gasteiger partial charge in [0.2, 0.25) is 0 Å². The van der Waals surface area contributed by atoms with E-state index in [2.05, 4.69) is 0 Å². The summed E-state index contributed by atoms with van der Waals surface area (Å²) in [5, 5.41) is 0. The first-order valence-electron chi connectivity index (χ1n) is 6.90. The zero-order valence-electron chi connectivity index (χ0n) is 11.2. The van der Waals surface area contributed by atoms with Crippen molar-refractivity contribution in [3.8, 4) is 0 Å². The van der Waals surface area contributed by atoms with Crippen molar-refractivity contribution in [2.45, 2.75) is 51.6 Å². The highest BCUT2D eigenvalue weighted by atomic mass is 19.4. The average Bonchev–Trinajstić information content (AvgIpc) is 2.52. The van der Waals surface area contributed by atoms with Crippen LogP contribution in [0.3, 0.4) is 0 Å². The molecular formula is C13H25F3N2. The summed E-state index contributed by atoms with van der Waals surface area (Å²) in [5.41, 5.74) is 5.77. The van der Waals surface area contributed by atoms with Crippen molar-refractivity contribution in [1.29, 1.82) is 0 Å². The first-order valence-corrected chi connectivity index (χ1v) is 6.90. The Kier molecular flexibility index (Phi) is 5.92. The normalized spacial score (nSPS) is 21.0. The van der Waals surface area contributed by atoms with Gasteiger partial charge in [-0.25, -0.2) is 0 Å². The number of nitrogens with two attached hydrogens (primary N) is 1. The molecule has 2 nitrogen and oxygen atoms in total. The quantitative estimate of drug-likeness (QED) is 0.774. The molecular weight excluding hydrogens is 241 g/mol. The van der Waals surface area contributed by atoms with Crippen molar-refractivity contribution in [2.24, 2.45) is 11.1 Å². The zero-order valence-corrected chi connectivity index (χ0v) is 11.2. The SMILES string of the molecule is CCN(CC(F)(F)F)CC1(CN)CCCCCC1. The van der Waals surface area contributed by atoms with E-state index in [4.69, 9.17) is 5.73 Å². The second-order valence-electron chi connectivity index (χ2n) is 5.54. The Morgan fingerprint density at radius 1 is 1.11 bits per heavy atom. The molecule has 108 valence electrons. The molecule has 0 radical (unpaired) electrons. The van der Waals surface area contributed by atoms with Gasteiger partial charge in [0.15, 0.2) is 0 Å². The van der Waals surface area contributed by atoms with Crippen molar-refractivity contribution in [3.05, 3.63) is 0 Å². The lowest BCUT2D eigenvalue weighted by atomic mass is 9.80. The fourth-order valence-electron chi connectivity index (χ4n) is 2.91. The summed E-state index contributed by atoms with van der Waals surface area (Å²) in [6, 6.07) is 0. The summed E-state index contributed by atoms with van der Waals surface area (Å²) in [6.45, 7) is 2.39. The molecule has 0 unspecified atom stereocenters. The van der Waals surface area contributed by atoms with Crippen LogP contribution >= 0.6 is 0 Å². The van der Waals surface area contributed by atoms with Crippen LogP contribution in [0.5, 0.6) is 0 Å². The number of nitrogens with zero attached hydrogens (tertiary/aromatic N) is 1. The molecule has 18 heavy (non-hydrogen) atoms. The Morgan fingerprint density at radius 3 is 2.06 bits per heavy atom. The molecule has 0 aromatic heterocycles. The fourth-order valence-corrected chi connectivity index (χ4v) is 2.91. The summed E-state index contributed by atoms with van der Waals surface area (Å²) in [7, 11) is 0. The maximum absolute atomic E-state index is 12.5. The van der Waals surface area contributed by atoms with E-state index in [-0.39, 0.29) is 5.41 Å². The molecule has 0 saturated heterocycles. The maximum Gasteiger partial charge on any atom is 0.401 e. The van der Waals surface area contributed by atoms with Crippen LogP contribution in [-0.4, -0.2) is 37.3 Å². The minimum atomic E-state index is -4.11. The first kappa shape index (κ1) is 15.8. The first-order chi connectivity index (χ1) is 8.41. The highest BCUT2D eigenvalue weighted by Crippen LogP contribution is 2.35. The van der Waals surface area contributed by atoms with Gasteiger partial charge in [-0.3, -0.25) is 4.90 Å². The van der Waals surface area contributed by atoms with Gasteiger partial charge in [-0.15, -0.1) is 0 Å². The molecule has 0 aromatic rings. The molecule has 1 aliphatic rings. The van der Waals surface area contributed by atoms with Crippen molar-refractivity contribution in [1.82, 2.24) is 4.90 Å². The lowest BCUT2D eigenvalue weighted by Crippen LogP contribution is -2.45. The van der Waals surface area contributed by atoms with Crippen LogP contribution in [0.1, 0.15) is 45.4 Å². The maximum atomic E-state index is 12.5. The van der Waals surface area contributed by atoms with Gasteiger partial charge in [-0.2, -0.15) is 13.2 Å². The largest absolute Gasteiger partial charge is 0.401 e. The van der Waals surface area contributed by atoms with E-state index >= 15 is 0 Å². The summed E-state index contributed by atoms with van der Waals surface area (Å²) in [6.07, 6.45) is 2.40. The fraction of sp³-hybridized carbons (Fsp3) is 1.00. The van der Waals surface area contributed by atoms with Gasteiger partial charge in [-0.05, 0) is 31.3 Å². The third-order valence-electron chi connectivity index (χ3n) is 4.01. The zero-order chi connectivity index (χ0) is 13.6. The average molecular weight is 266 g/mol. The molecule has 1 saturated carbocycles. The highest BCUT2D eigenvalue weighted by Gasteiger charge is 2.36. The lowest BCUT2D eigenvalue weighted by molar-refractivity contribution is -0.148. The predicted molar refractivity (Wildman–Crippen MR) is 67.4 cm³/mol. The molecule has 5 heteroatoms. The molecule has 0 atom stereocenters. The number of hydrogen-bond acceptors (Lipinski definition) is 2. The van der Waals surface area contributed by atoms with E-state index in [0.29, 0.717) is 19.6 Å². The van der Waals surface area contributed by atoms with Crippen molar-refractivity contribution >= 4 is 0 Å². The van der Waals surface area contributed by atoms with Crippen molar-refractivity contribution in [3.63, 3.8) is 0 Å². The van der Waals surface area contributed by atoms with Crippen LogP contribution in [0, 0.1) is 5.41 Å². The summed E-state index contributed by atoms with van der Waals surface area (Å²) < 4.78 is 37.4. The Labute approximate surface area is 108 Å². The van der Waals surface area contributed by atoms with Gasteiger partial charge in [-0.1, -0.05) is 32.6 Å². The molecule has 0 spiro atoms. The highest BCUT2D eigenvalue weighted by molar-refractivity contribution is 4.86. The number of alkyl halides is 3. The topological polar surface area (TPSA) is 29.3 Å². The molecule has 2 N–H and O–H groups in total. The molecule has 0 heterocycles. The van der Waals surface area contributed by atoms with Crippen molar-refractivity contribution in [2.75, 3.05) is 26.2 Å². The van der Waals surface area contributed by atoms with Gasteiger partial charge in [0.25, 0.3) is 0 Å². The molecule has 0 aliphatic heterocycles. The molecule has 0 amide bonds. The second kappa shape index (κ2) is 6.75. The Morgan fingerprint density at radius 2 is 1.67 bits per heavy atom. The number of hydrogen-bond donors (Lipinski definition) is 1. The Hall–Kier alpha value is -0.290. The van der Waals surface area contributed by atoms with E-state index in [9.17, 15) is 13.2 Å². The minimum Gasteiger partial charge on any atom is -0.330 e. The van der Waals surface area contributed by atoms with E-state index < -0.39 is 12.7 Å². The number of rotatable bonds is 5. The minimum absolute atomic E-state index is 0.0994. The second-order valence-corrected chi connectivity index (χ2v) is 5.54. The lowest BCUT2D eigenvalue weighted by Gasteiger charge is -2.37. The number of halogens is 3. The molecule has 0 aromatic carbocycles. The van der Waals surface area contributed by atoms with Crippen molar-refractivity contribution < 1.29 is 13.2 Å². The van der Waals surface area contributed by atoms with Gasteiger partial charge in [0, 0.05) is 6.54 Å². The van der Waals surface area contributed by atoms with Crippen LogP contribution in [0.25, 0.3) is 0 Å². The van der Waals surface area contributed by atoms with Gasteiger partial charge in [0.1, 0.15) is 0 Å². The van der Waals surface area contributed by atoms with Crippen LogP contribution in [-0.2, 0) is 0 Å². The van der Waals surface area contributed by atoms with Crippen LogP contribution in [0.15, 0.2) is 0 Å². The summed E-state index contributed by atoms with van der Waals surface area (Å²) >= 11 is 0. The smallest absolute Gasteiger partial charge is 0.330 e. The van der Waals surface area contributed by atoms with Crippen LogP contribution in [0.4, 0.5) is 13.2 Å². The van der Waals surface area contributed by atoms with E-state index in [0.717, 1.165) is 25.7 Å². The molecule has 1 aliphatic carbocycles. The van der Waals surface area contributed by atoms with E-state index in [1.54, 1.807) is 6.92 Å². The third kappa shape index (κ3) is 5.14. The van der Waals surface area contributed by atoms with Gasteiger partial charge in [0.05, 0.1) is 6.54 Å². The Bertz CT molecular complexity index is 233. The summed E-state index contributed by atoms with van der Waals surface area (Å²) in [5.74, 6) is 0.